The molecule has 0 spiro atoms. The number of hydrogen-bond acceptors (Lipinski definition) is 8. The summed E-state index contributed by atoms with van der Waals surface area (Å²) in [6, 6.07) is -1.49. The van der Waals surface area contributed by atoms with E-state index in [0.29, 0.717) is 0 Å². The number of aliphatic hydroxyl groups excluding tert-OH is 3. The standard InChI is InChI=1S/C8H14N4O6/c1-3(14)17-8(11-12-10)7(9)6(16)5(15)4(2-13)18-8/h4-7,13,15-16H,2,9H2,1H3/t4-,5-,6+,7+,8?/m1/s1. The van der Waals surface area contributed by atoms with E-state index in [9.17, 15) is 15.0 Å². The monoisotopic (exact) mass is 262 g/mol. The Kier molecular flexibility index (Phi) is 4.46. The number of azide groups is 1. The van der Waals surface area contributed by atoms with E-state index in [1.165, 1.54) is 0 Å². The highest BCUT2D eigenvalue weighted by Crippen LogP contribution is 2.31. The van der Waals surface area contributed by atoms with Gasteiger partial charge in [-0.15, -0.1) is 0 Å². The van der Waals surface area contributed by atoms with Crippen molar-refractivity contribution in [3.05, 3.63) is 10.4 Å². The summed E-state index contributed by atoms with van der Waals surface area (Å²) >= 11 is 0. The van der Waals surface area contributed by atoms with E-state index >= 15 is 0 Å². The fraction of sp³-hybridized carbons (Fsp3) is 0.875. The van der Waals surface area contributed by atoms with Crippen LogP contribution in [0.25, 0.3) is 10.4 Å². The molecular weight excluding hydrogens is 248 g/mol. The molecule has 0 aromatic carbocycles. The van der Waals surface area contributed by atoms with E-state index in [-0.39, 0.29) is 0 Å². The Balaban J connectivity index is 3.14. The second kappa shape index (κ2) is 5.48. The van der Waals surface area contributed by atoms with Crippen LogP contribution < -0.4 is 5.73 Å². The quantitative estimate of drug-likeness (QED) is 0.196. The minimum atomic E-state index is -2.30. The van der Waals surface area contributed by atoms with E-state index in [1.54, 1.807) is 0 Å². The van der Waals surface area contributed by atoms with Crippen LogP contribution in [0, 0.1) is 0 Å². The van der Waals surface area contributed by atoms with Crippen molar-refractivity contribution in [3.63, 3.8) is 0 Å². The molecule has 1 aliphatic rings. The first kappa shape index (κ1) is 14.6. The maximum absolute atomic E-state index is 11.0. The summed E-state index contributed by atoms with van der Waals surface area (Å²) in [5.74, 6) is -3.16. The fourth-order valence-electron chi connectivity index (χ4n) is 1.63. The molecule has 0 radical (unpaired) electrons. The molecule has 0 saturated carbocycles. The van der Waals surface area contributed by atoms with Gasteiger partial charge >= 0.3 is 11.9 Å². The van der Waals surface area contributed by atoms with Gasteiger partial charge in [0, 0.05) is 11.8 Å². The summed E-state index contributed by atoms with van der Waals surface area (Å²) in [6.07, 6.45) is -4.40. The van der Waals surface area contributed by atoms with Gasteiger partial charge in [-0.25, -0.2) is 0 Å². The van der Waals surface area contributed by atoms with Crippen LogP contribution in [0.1, 0.15) is 6.92 Å². The maximum Gasteiger partial charge on any atom is 0.311 e. The van der Waals surface area contributed by atoms with Crippen LogP contribution in [-0.2, 0) is 14.3 Å². The van der Waals surface area contributed by atoms with Crippen molar-refractivity contribution in [2.75, 3.05) is 6.61 Å². The van der Waals surface area contributed by atoms with E-state index in [1.807, 2.05) is 0 Å². The van der Waals surface area contributed by atoms with Gasteiger partial charge in [-0.05, 0) is 10.6 Å². The van der Waals surface area contributed by atoms with E-state index in [2.05, 4.69) is 10.0 Å². The third kappa shape index (κ3) is 2.53. The molecule has 5 N–H and O–H groups in total. The molecule has 1 aliphatic heterocycles. The van der Waals surface area contributed by atoms with Gasteiger partial charge in [0.05, 0.1) is 6.61 Å². The zero-order chi connectivity index (χ0) is 13.9. The van der Waals surface area contributed by atoms with Crippen LogP contribution in [0.5, 0.6) is 0 Å². The average Bonchev–Trinajstić information content (AvgIpc) is 2.31. The molecule has 10 heteroatoms. The summed E-state index contributed by atoms with van der Waals surface area (Å²) in [6.45, 7) is 0.338. The van der Waals surface area contributed by atoms with Gasteiger partial charge in [0.2, 0.25) is 0 Å². The summed E-state index contributed by atoms with van der Waals surface area (Å²) in [7, 11) is 0. The molecule has 1 unspecified atom stereocenters. The smallest absolute Gasteiger partial charge is 0.311 e. The summed E-state index contributed by atoms with van der Waals surface area (Å²) in [5, 5.41) is 31.3. The lowest BCUT2D eigenvalue weighted by atomic mass is 9.95. The van der Waals surface area contributed by atoms with E-state index in [4.69, 9.17) is 25.8 Å². The second-order valence-electron chi connectivity index (χ2n) is 3.76. The third-order valence-corrected chi connectivity index (χ3v) is 2.49. The van der Waals surface area contributed by atoms with Crippen molar-refractivity contribution >= 4 is 5.97 Å². The molecule has 102 valence electrons. The van der Waals surface area contributed by atoms with Crippen LogP contribution >= 0.6 is 0 Å². The van der Waals surface area contributed by atoms with Crippen molar-refractivity contribution < 1.29 is 29.6 Å². The second-order valence-corrected chi connectivity index (χ2v) is 3.76. The zero-order valence-electron chi connectivity index (χ0n) is 9.50. The molecule has 1 saturated heterocycles. The predicted molar refractivity (Wildman–Crippen MR) is 55.6 cm³/mol. The minimum Gasteiger partial charge on any atom is -0.424 e. The lowest BCUT2D eigenvalue weighted by Gasteiger charge is -2.45. The van der Waals surface area contributed by atoms with E-state index in [0.717, 1.165) is 6.92 Å². The Bertz CT molecular complexity index is 371. The molecule has 5 atom stereocenters. The van der Waals surface area contributed by atoms with Crippen LogP contribution in [0.4, 0.5) is 0 Å². The zero-order valence-corrected chi connectivity index (χ0v) is 9.50. The molecule has 0 amide bonds. The Morgan fingerprint density at radius 1 is 1.61 bits per heavy atom. The van der Waals surface area contributed by atoms with Gasteiger partial charge in [0.1, 0.15) is 24.4 Å². The lowest BCUT2D eigenvalue weighted by Crippen LogP contribution is -2.68. The number of nitrogens with zero attached hydrogens (tertiary/aromatic N) is 3. The Hall–Kier alpha value is -1.42. The summed E-state index contributed by atoms with van der Waals surface area (Å²) < 4.78 is 9.71. The number of esters is 1. The molecule has 1 fully saturated rings. The summed E-state index contributed by atoms with van der Waals surface area (Å²) in [4.78, 5) is 13.4. The molecule has 0 bridgehead atoms. The number of carbonyl (C=O) groups excluding carboxylic acids is 1. The van der Waals surface area contributed by atoms with Gasteiger partial charge in [0.25, 0.3) is 0 Å². The number of rotatable bonds is 3. The van der Waals surface area contributed by atoms with Crippen molar-refractivity contribution in [2.45, 2.75) is 37.2 Å². The highest BCUT2D eigenvalue weighted by Gasteiger charge is 2.54. The molecule has 0 aromatic heterocycles. The van der Waals surface area contributed by atoms with E-state index < -0.39 is 42.8 Å². The molecule has 18 heavy (non-hydrogen) atoms. The molecule has 1 heterocycles. The number of aliphatic hydroxyl groups is 3. The van der Waals surface area contributed by atoms with Crippen molar-refractivity contribution in [1.29, 1.82) is 0 Å². The van der Waals surface area contributed by atoms with Gasteiger partial charge in [-0.2, -0.15) is 0 Å². The number of hydrogen-bond donors (Lipinski definition) is 4. The fourth-order valence-corrected chi connectivity index (χ4v) is 1.63. The Morgan fingerprint density at radius 2 is 2.22 bits per heavy atom. The highest BCUT2D eigenvalue weighted by atomic mass is 16.7. The predicted octanol–water partition coefficient (Wildman–Crippen LogP) is -2.05. The van der Waals surface area contributed by atoms with Crippen LogP contribution in [-0.4, -0.2) is 58.2 Å². The Morgan fingerprint density at radius 3 is 2.67 bits per heavy atom. The number of ether oxygens (including phenoxy) is 2. The average molecular weight is 262 g/mol. The normalized spacial score (nSPS) is 39.8. The van der Waals surface area contributed by atoms with Gasteiger partial charge in [0.15, 0.2) is 0 Å². The molecular formula is C8H14N4O6. The first-order valence-electron chi connectivity index (χ1n) is 5.04. The van der Waals surface area contributed by atoms with Crippen molar-refractivity contribution in [1.82, 2.24) is 0 Å². The number of carbonyl (C=O) groups is 1. The third-order valence-electron chi connectivity index (χ3n) is 2.49. The molecule has 10 nitrogen and oxygen atoms in total. The van der Waals surface area contributed by atoms with Crippen molar-refractivity contribution in [2.24, 2.45) is 10.8 Å². The first-order valence-corrected chi connectivity index (χ1v) is 5.04. The lowest BCUT2D eigenvalue weighted by molar-refractivity contribution is -0.315. The highest BCUT2D eigenvalue weighted by molar-refractivity contribution is 5.66. The minimum absolute atomic E-state index is 0.686. The number of nitrogens with two attached hydrogens (primary N) is 1. The largest absolute Gasteiger partial charge is 0.424 e. The first-order chi connectivity index (χ1) is 8.38. The summed E-state index contributed by atoms with van der Waals surface area (Å²) in [5.41, 5.74) is 14.0. The topological polar surface area (TPSA) is 171 Å². The molecule has 1 rings (SSSR count). The molecule has 0 aliphatic carbocycles. The van der Waals surface area contributed by atoms with Crippen molar-refractivity contribution in [3.8, 4) is 0 Å². The van der Waals surface area contributed by atoms with Gasteiger partial charge in [-0.1, -0.05) is 0 Å². The van der Waals surface area contributed by atoms with Crippen LogP contribution in [0.2, 0.25) is 0 Å². The Labute approximate surface area is 102 Å². The SMILES string of the molecule is CC(=O)OC1(N=[N+]=[N-])O[C@H](CO)[C@@H](O)[C@H](O)[C@@H]1N. The van der Waals surface area contributed by atoms with Crippen LogP contribution in [0.3, 0.4) is 0 Å². The van der Waals surface area contributed by atoms with Gasteiger partial charge < -0.3 is 30.5 Å². The van der Waals surface area contributed by atoms with Gasteiger partial charge in [-0.3, -0.25) is 4.79 Å². The van der Waals surface area contributed by atoms with Crippen LogP contribution in [0.15, 0.2) is 5.11 Å². The molecule has 0 aromatic rings. The maximum atomic E-state index is 11.0.